The van der Waals surface area contributed by atoms with Crippen LogP contribution in [-0.4, -0.2) is 34.9 Å². The molecule has 2 unspecified atom stereocenters. The summed E-state index contributed by atoms with van der Waals surface area (Å²) >= 11 is 0. The van der Waals surface area contributed by atoms with Gasteiger partial charge in [0, 0.05) is 6.42 Å². The van der Waals surface area contributed by atoms with Crippen molar-refractivity contribution in [2.75, 3.05) is 6.61 Å². The van der Waals surface area contributed by atoms with Crippen LogP contribution in [0.5, 0.6) is 0 Å². The average Bonchev–Trinajstić information content (AvgIpc) is 3.23. The zero-order valence-electron chi connectivity index (χ0n) is 37.3. The molecule has 0 rings (SSSR count). The molecule has 0 spiro atoms. The molecular formula is C54H87NO3. The number of nitrogens with one attached hydrogen (secondary N) is 1. The summed E-state index contributed by atoms with van der Waals surface area (Å²) in [4.78, 5) is 12.4. The lowest BCUT2D eigenvalue weighted by molar-refractivity contribution is -0.123. The van der Waals surface area contributed by atoms with Gasteiger partial charge in [0.1, 0.15) is 0 Å². The van der Waals surface area contributed by atoms with Gasteiger partial charge in [0.2, 0.25) is 5.91 Å². The maximum absolute atomic E-state index is 12.4. The van der Waals surface area contributed by atoms with Crippen LogP contribution in [0.1, 0.15) is 181 Å². The number of hydrogen-bond acceptors (Lipinski definition) is 3. The van der Waals surface area contributed by atoms with Crippen LogP contribution in [0, 0.1) is 0 Å². The molecule has 0 aliphatic heterocycles. The largest absolute Gasteiger partial charge is 0.394 e. The van der Waals surface area contributed by atoms with Crippen molar-refractivity contribution in [3.63, 3.8) is 0 Å². The van der Waals surface area contributed by atoms with Gasteiger partial charge in [-0.3, -0.25) is 4.79 Å². The van der Waals surface area contributed by atoms with E-state index >= 15 is 0 Å². The number of allylic oxidation sites excluding steroid dienone is 21. The second-order valence-corrected chi connectivity index (χ2v) is 15.1. The number of unbranched alkanes of at least 4 members (excludes halogenated alkanes) is 13. The number of aliphatic hydroxyl groups excluding tert-OH is 2. The predicted octanol–water partition coefficient (Wildman–Crippen LogP) is 15.1. The summed E-state index contributed by atoms with van der Waals surface area (Å²) < 4.78 is 0. The predicted molar refractivity (Wildman–Crippen MR) is 257 cm³/mol. The van der Waals surface area contributed by atoms with Crippen molar-refractivity contribution in [2.24, 2.45) is 0 Å². The van der Waals surface area contributed by atoms with Gasteiger partial charge in [0.25, 0.3) is 0 Å². The third kappa shape index (κ3) is 43.6. The van der Waals surface area contributed by atoms with Crippen molar-refractivity contribution in [3.05, 3.63) is 134 Å². The average molecular weight is 798 g/mol. The van der Waals surface area contributed by atoms with E-state index in [1.165, 1.54) is 57.8 Å². The van der Waals surface area contributed by atoms with E-state index in [-0.39, 0.29) is 12.5 Å². The van der Waals surface area contributed by atoms with E-state index in [0.717, 1.165) is 103 Å². The molecular weight excluding hydrogens is 711 g/mol. The van der Waals surface area contributed by atoms with E-state index in [1.807, 2.05) is 6.08 Å². The van der Waals surface area contributed by atoms with Crippen molar-refractivity contribution in [1.29, 1.82) is 0 Å². The van der Waals surface area contributed by atoms with Gasteiger partial charge < -0.3 is 15.5 Å². The third-order valence-electron chi connectivity index (χ3n) is 9.60. The maximum atomic E-state index is 12.4. The number of carbonyl (C=O) groups excluding carboxylic acids is 1. The first-order valence-electron chi connectivity index (χ1n) is 23.4. The minimum Gasteiger partial charge on any atom is -0.394 e. The van der Waals surface area contributed by atoms with E-state index in [4.69, 9.17) is 0 Å². The van der Waals surface area contributed by atoms with Crippen molar-refractivity contribution in [1.82, 2.24) is 5.32 Å². The molecule has 3 N–H and O–H groups in total. The number of amides is 1. The van der Waals surface area contributed by atoms with Crippen LogP contribution in [0.25, 0.3) is 0 Å². The molecule has 0 aromatic rings. The Morgan fingerprint density at radius 1 is 0.431 bits per heavy atom. The Hall–Kier alpha value is -3.47. The SMILES string of the molecule is CC/C=C\C/C=C\C/C=C\C/C=C\C/C=C\C/C=C\C/C=C\C/C=C\CCCCCCCCCCC(=O)NC(CO)C(O)/C=C/CC/C=C/CC/C=C/CCCCC. The monoisotopic (exact) mass is 798 g/mol. The second-order valence-electron chi connectivity index (χ2n) is 15.1. The summed E-state index contributed by atoms with van der Waals surface area (Å²) in [5, 5.41) is 22.9. The molecule has 4 heteroatoms. The Bertz CT molecular complexity index is 1220. The maximum Gasteiger partial charge on any atom is 0.220 e. The Labute approximate surface area is 358 Å². The van der Waals surface area contributed by atoms with Gasteiger partial charge in [0.05, 0.1) is 18.8 Å². The molecule has 58 heavy (non-hydrogen) atoms. The zero-order chi connectivity index (χ0) is 42.1. The van der Waals surface area contributed by atoms with Crippen LogP contribution in [0.4, 0.5) is 0 Å². The van der Waals surface area contributed by atoms with Crippen molar-refractivity contribution >= 4 is 5.91 Å². The van der Waals surface area contributed by atoms with Gasteiger partial charge in [-0.1, -0.05) is 199 Å². The van der Waals surface area contributed by atoms with Crippen LogP contribution < -0.4 is 5.32 Å². The molecule has 0 bridgehead atoms. The number of hydrogen-bond donors (Lipinski definition) is 3. The lowest BCUT2D eigenvalue weighted by Crippen LogP contribution is -2.45. The molecule has 4 nitrogen and oxygen atoms in total. The highest BCUT2D eigenvalue weighted by molar-refractivity contribution is 5.76. The third-order valence-corrected chi connectivity index (χ3v) is 9.60. The summed E-state index contributed by atoms with van der Waals surface area (Å²) in [7, 11) is 0. The zero-order valence-corrected chi connectivity index (χ0v) is 37.3. The van der Waals surface area contributed by atoms with Gasteiger partial charge in [-0.2, -0.15) is 0 Å². The van der Waals surface area contributed by atoms with Gasteiger partial charge in [0.15, 0.2) is 0 Å². The van der Waals surface area contributed by atoms with Crippen LogP contribution in [-0.2, 0) is 4.79 Å². The normalized spacial score (nSPS) is 14.2. The summed E-state index contributed by atoms with van der Waals surface area (Å²) in [6, 6.07) is -0.659. The Morgan fingerprint density at radius 2 is 0.776 bits per heavy atom. The van der Waals surface area contributed by atoms with Crippen LogP contribution in [0.3, 0.4) is 0 Å². The quantitative estimate of drug-likeness (QED) is 0.0427. The molecule has 0 fully saturated rings. The highest BCUT2D eigenvalue weighted by atomic mass is 16.3. The minimum absolute atomic E-state index is 0.0951. The van der Waals surface area contributed by atoms with Gasteiger partial charge >= 0.3 is 0 Å². The van der Waals surface area contributed by atoms with E-state index in [0.29, 0.717) is 6.42 Å². The first-order valence-corrected chi connectivity index (χ1v) is 23.4. The fourth-order valence-corrected chi connectivity index (χ4v) is 6.05. The number of carbonyl (C=O) groups is 1. The minimum atomic E-state index is -0.882. The second kappa shape index (κ2) is 47.9. The molecule has 326 valence electrons. The lowest BCUT2D eigenvalue weighted by atomic mass is 10.1. The fraction of sp³-hybridized carbons (Fsp3) is 0.574. The first-order chi connectivity index (χ1) is 28.7. The van der Waals surface area contributed by atoms with E-state index in [2.05, 4.69) is 141 Å². The summed E-state index contributed by atoms with van der Waals surface area (Å²) in [5.41, 5.74) is 0. The molecule has 0 saturated heterocycles. The highest BCUT2D eigenvalue weighted by Crippen LogP contribution is 2.12. The lowest BCUT2D eigenvalue weighted by Gasteiger charge is -2.19. The van der Waals surface area contributed by atoms with Crippen molar-refractivity contribution in [3.8, 4) is 0 Å². The fourth-order valence-electron chi connectivity index (χ4n) is 6.05. The smallest absolute Gasteiger partial charge is 0.220 e. The molecule has 0 aromatic heterocycles. The van der Waals surface area contributed by atoms with E-state index < -0.39 is 12.1 Å². The molecule has 1 amide bonds. The van der Waals surface area contributed by atoms with Crippen LogP contribution in [0.2, 0.25) is 0 Å². The summed E-state index contributed by atoms with van der Waals surface area (Å²) in [6.45, 7) is 4.12. The van der Waals surface area contributed by atoms with Gasteiger partial charge in [-0.05, 0) is 109 Å². The van der Waals surface area contributed by atoms with Crippen LogP contribution >= 0.6 is 0 Å². The molecule has 0 aliphatic rings. The molecule has 0 aliphatic carbocycles. The van der Waals surface area contributed by atoms with Crippen molar-refractivity contribution < 1.29 is 15.0 Å². The molecule has 0 aromatic carbocycles. The Balaban J connectivity index is 3.69. The number of rotatable bonds is 40. The molecule has 0 radical (unpaired) electrons. The highest BCUT2D eigenvalue weighted by Gasteiger charge is 2.17. The Morgan fingerprint density at radius 3 is 1.21 bits per heavy atom. The van der Waals surface area contributed by atoms with Gasteiger partial charge in [-0.25, -0.2) is 0 Å². The molecule has 2 atom stereocenters. The number of aliphatic hydroxyl groups is 2. The van der Waals surface area contributed by atoms with Gasteiger partial charge in [-0.15, -0.1) is 0 Å². The molecule has 0 saturated carbocycles. The molecule has 0 heterocycles. The summed E-state index contributed by atoms with van der Waals surface area (Å²) in [6.07, 6.45) is 75.6. The summed E-state index contributed by atoms with van der Waals surface area (Å²) in [5.74, 6) is -0.0951. The standard InChI is InChI=1S/C54H87NO3/c1-3-5-7-9-11-13-15-17-18-19-20-21-22-23-24-25-26-27-28-29-30-31-32-33-34-35-36-38-40-42-44-46-48-50-54(58)55-52(51-56)53(57)49-47-45-43-41-39-37-16-14-12-10-8-6-4-2/h5,7,11-14,17-18,20-21,23-24,26-27,29-30,32-33,39,41,47,49,52-53,56-57H,3-4,6,8-10,15-16,19,22,25,28,31,34-38,40,42-46,48,50-51H2,1-2H3,(H,55,58)/b7-5-,13-11-,14-12+,18-17-,21-20-,24-23-,27-26-,30-29-,33-32-,41-39+,49-47+. The van der Waals surface area contributed by atoms with Crippen LogP contribution in [0.15, 0.2) is 134 Å². The first kappa shape index (κ1) is 54.5. The topological polar surface area (TPSA) is 69.6 Å². The Kier molecular flexibility index (Phi) is 45.0. The van der Waals surface area contributed by atoms with E-state index in [1.54, 1.807) is 6.08 Å². The van der Waals surface area contributed by atoms with Crippen molar-refractivity contribution in [2.45, 2.75) is 193 Å². The van der Waals surface area contributed by atoms with E-state index in [9.17, 15) is 15.0 Å².